The molecule has 1 saturated heterocycles. The first kappa shape index (κ1) is 23.7. The maximum absolute atomic E-state index is 12.9. The molecule has 2 amide bonds. The zero-order valence-corrected chi connectivity index (χ0v) is 19.8. The highest BCUT2D eigenvalue weighted by Gasteiger charge is 2.46. The summed E-state index contributed by atoms with van der Waals surface area (Å²) in [5.41, 5.74) is 0.676. The van der Waals surface area contributed by atoms with Crippen LogP contribution in [0.25, 0.3) is 0 Å². The van der Waals surface area contributed by atoms with Crippen molar-refractivity contribution in [1.82, 2.24) is 5.32 Å². The Labute approximate surface area is 203 Å². The molecule has 2 aromatic carbocycles. The molecule has 8 heteroatoms. The first-order valence-electron chi connectivity index (χ1n) is 11.2. The van der Waals surface area contributed by atoms with Crippen LogP contribution in [0.2, 0.25) is 5.02 Å². The van der Waals surface area contributed by atoms with Crippen molar-refractivity contribution < 1.29 is 23.8 Å². The molecule has 1 unspecified atom stereocenters. The predicted molar refractivity (Wildman–Crippen MR) is 131 cm³/mol. The fourth-order valence-electron chi connectivity index (χ4n) is 4.02. The van der Waals surface area contributed by atoms with E-state index in [1.807, 2.05) is 38.1 Å². The van der Waals surface area contributed by atoms with Gasteiger partial charge in [-0.15, -0.1) is 0 Å². The highest BCUT2D eigenvalue weighted by molar-refractivity contribution is 6.30. The van der Waals surface area contributed by atoms with Gasteiger partial charge in [0.1, 0.15) is 18.1 Å². The molecule has 1 heterocycles. The number of benzene rings is 2. The summed E-state index contributed by atoms with van der Waals surface area (Å²) in [6.45, 7) is 3.67. The fourth-order valence-corrected chi connectivity index (χ4v) is 4.15. The van der Waals surface area contributed by atoms with Gasteiger partial charge in [0, 0.05) is 22.7 Å². The molecule has 0 radical (unpaired) electrons. The lowest BCUT2D eigenvalue weighted by atomic mass is 9.88. The molecule has 2 aliphatic rings. The molecule has 0 aromatic heterocycles. The average molecular weight is 483 g/mol. The standard InChI is InChI=1S/C26H27ClN2O5/c1-17(2)28-25(30)32-16-23-24(18-6-4-3-5-7-18)29(26(31)34-23)20-10-14-22(15-11-20)33-21-12-8-19(27)9-13-21/h3-6,8-15,17-18,23-24H,7,16H2,1-2H3,(H,28,30)/t18?,23-,24-/m0/s1. The molecule has 1 fully saturated rings. The second-order valence-corrected chi connectivity index (χ2v) is 8.88. The largest absolute Gasteiger partial charge is 0.457 e. The van der Waals surface area contributed by atoms with Crippen LogP contribution in [0.5, 0.6) is 11.5 Å². The molecule has 1 aliphatic heterocycles. The number of carbonyl (C=O) groups is 2. The minimum Gasteiger partial charge on any atom is -0.457 e. The maximum Gasteiger partial charge on any atom is 0.415 e. The zero-order chi connectivity index (χ0) is 24.1. The molecule has 34 heavy (non-hydrogen) atoms. The van der Waals surface area contributed by atoms with Crippen LogP contribution < -0.4 is 15.0 Å². The number of anilines is 1. The van der Waals surface area contributed by atoms with Crippen molar-refractivity contribution in [3.63, 3.8) is 0 Å². The zero-order valence-electron chi connectivity index (χ0n) is 19.0. The number of hydrogen-bond acceptors (Lipinski definition) is 5. The van der Waals surface area contributed by atoms with Crippen molar-refractivity contribution in [2.75, 3.05) is 11.5 Å². The average Bonchev–Trinajstić information content (AvgIpc) is 3.16. The number of ether oxygens (including phenoxy) is 3. The molecule has 3 atom stereocenters. The van der Waals surface area contributed by atoms with Crippen LogP contribution in [0, 0.1) is 5.92 Å². The quantitative estimate of drug-likeness (QED) is 0.516. The van der Waals surface area contributed by atoms with Gasteiger partial charge in [-0.2, -0.15) is 0 Å². The van der Waals surface area contributed by atoms with Crippen molar-refractivity contribution in [3.05, 3.63) is 77.9 Å². The number of cyclic esters (lactones) is 1. The Morgan fingerprint density at radius 1 is 1.12 bits per heavy atom. The highest BCUT2D eigenvalue weighted by Crippen LogP contribution is 2.36. The van der Waals surface area contributed by atoms with Crippen molar-refractivity contribution in [3.8, 4) is 11.5 Å². The summed E-state index contributed by atoms with van der Waals surface area (Å²) < 4.78 is 16.9. The molecule has 7 nitrogen and oxygen atoms in total. The van der Waals surface area contributed by atoms with E-state index in [9.17, 15) is 9.59 Å². The topological polar surface area (TPSA) is 77.1 Å². The lowest BCUT2D eigenvalue weighted by Crippen LogP contribution is -2.44. The maximum atomic E-state index is 12.9. The van der Waals surface area contributed by atoms with Gasteiger partial charge in [-0.25, -0.2) is 9.59 Å². The van der Waals surface area contributed by atoms with E-state index in [0.29, 0.717) is 22.2 Å². The van der Waals surface area contributed by atoms with E-state index < -0.39 is 18.3 Å². The van der Waals surface area contributed by atoms with Gasteiger partial charge in [-0.05, 0) is 68.8 Å². The summed E-state index contributed by atoms with van der Waals surface area (Å²) >= 11 is 5.93. The molecule has 2 aromatic rings. The fraction of sp³-hybridized carbons (Fsp3) is 0.308. The Morgan fingerprint density at radius 2 is 1.79 bits per heavy atom. The molecule has 0 bridgehead atoms. The predicted octanol–water partition coefficient (Wildman–Crippen LogP) is 6.09. The number of halogens is 1. The van der Waals surface area contributed by atoms with E-state index in [4.69, 9.17) is 25.8 Å². The number of allylic oxidation sites excluding steroid dienone is 3. The summed E-state index contributed by atoms with van der Waals surface area (Å²) in [5.74, 6) is 1.30. The van der Waals surface area contributed by atoms with Gasteiger partial charge in [0.25, 0.3) is 0 Å². The summed E-state index contributed by atoms with van der Waals surface area (Å²) in [4.78, 5) is 26.6. The second-order valence-electron chi connectivity index (χ2n) is 8.44. The molecule has 178 valence electrons. The molecule has 0 saturated carbocycles. The van der Waals surface area contributed by atoms with Crippen LogP contribution in [0.3, 0.4) is 0 Å². The van der Waals surface area contributed by atoms with Gasteiger partial charge < -0.3 is 19.5 Å². The minimum absolute atomic E-state index is 0.0169. The SMILES string of the molecule is CC(C)NC(=O)OC[C@@H]1OC(=O)N(c2ccc(Oc3ccc(Cl)cc3)cc2)[C@H]1C1C=CC=CC1. The van der Waals surface area contributed by atoms with Crippen molar-refractivity contribution in [2.45, 2.75) is 38.5 Å². The minimum atomic E-state index is -0.600. The summed E-state index contributed by atoms with van der Waals surface area (Å²) in [7, 11) is 0. The lowest BCUT2D eigenvalue weighted by molar-refractivity contribution is 0.0572. The third-order valence-electron chi connectivity index (χ3n) is 5.53. The van der Waals surface area contributed by atoms with Crippen molar-refractivity contribution in [2.24, 2.45) is 5.92 Å². The third-order valence-corrected chi connectivity index (χ3v) is 5.78. The molecule has 0 spiro atoms. The summed E-state index contributed by atoms with van der Waals surface area (Å²) in [6.07, 6.45) is 7.18. The monoisotopic (exact) mass is 482 g/mol. The first-order chi connectivity index (χ1) is 16.4. The van der Waals surface area contributed by atoms with Gasteiger partial charge in [-0.3, -0.25) is 4.90 Å². The normalized spacial score (nSPS) is 21.5. The van der Waals surface area contributed by atoms with E-state index in [-0.39, 0.29) is 24.6 Å². The number of carbonyl (C=O) groups excluding carboxylic acids is 2. The van der Waals surface area contributed by atoms with Gasteiger partial charge in [0.15, 0.2) is 6.10 Å². The molecular weight excluding hydrogens is 456 g/mol. The van der Waals surface area contributed by atoms with Gasteiger partial charge in [0.2, 0.25) is 0 Å². The Balaban J connectivity index is 1.51. The van der Waals surface area contributed by atoms with E-state index in [2.05, 4.69) is 17.5 Å². The van der Waals surface area contributed by atoms with Crippen LogP contribution in [0.15, 0.2) is 72.8 Å². The van der Waals surface area contributed by atoms with Crippen LogP contribution in [0.4, 0.5) is 15.3 Å². The van der Waals surface area contributed by atoms with Gasteiger partial charge >= 0.3 is 12.2 Å². The van der Waals surface area contributed by atoms with Gasteiger partial charge in [-0.1, -0.05) is 35.9 Å². The Kier molecular flexibility index (Phi) is 7.43. The number of rotatable bonds is 7. The van der Waals surface area contributed by atoms with Crippen LogP contribution in [0.1, 0.15) is 20.3 Å². The molecule has 4 rings (SSSR count). The van der Waals surface area contributed by atoms with Crippen molar-refractivity contribution >= 4 is 29.5 Å². The molecule has 1 aliphatic carbocycles. The lowest BCUT2D eigenvalue weighted by Gasteiger charge is -2.30. The summed E-state index contributed by atoms with van der Waals surface area (Å²) in [6, 6.07) is 13.9. The van der Waals surface area contributed by atoms with Crippen molar-refractivity contribution in [1.29, 1.82) is 0 Å². The van der Waals surface area contributed by atoms with E-state index >= 15 is 0 Å². The first-order valence-corrected chi connectivity index (χ1v) is 11.6. The van der Waals surface area contributed by atoms with E-state index in [1.54, 1.807) is 41.3 Å². The van der Waals surface area contributed by atoms with Crippen LogP contribution in [-0.4, -0.2) is 37.0 Å². The Hall–Kier alpha value is -3.45. The molecule has 1 N–H and O–H groups in total. The van der Waals surface area contributed by atoms with E-state index in [1.165, 1.54) is 0 Å². The summed E-state index contributed by atoms with van der Waals surface area (Å²) in [5, 5.41) is 3.32. The highest BCUT2D eigenvalue weighted by atomic mass is 35.5. The van der Waals surface area contributed by atoms with Gasteiger partial charge in [0.05, 0.1) is 6.04 Å². The third kappa shape index (κ3) is 5.72. The molecular formula is C26H27ClN2O5. The van der Waals surface area contributed by atoms with Crippen LogP contribution >= 0.6 is 11.6 Å². The Morgan fingerprint density at radius 3 is 2.41 bits per heavy atom. The van der Waals surface area contributed by atoms with Crippen LogP contribution in [-0.2, 0) is 9.47 Å². The van der Waals surface area contributed by atoms with E-state index in [0.717, 1.165) is 6.42 Å². The number of alkyl carbamates (subject to hydrolysis) is 1. The number of nitrogens with one attached hydrogen (secondary N) is 1. The number of amides is 2. The number of nitrogens with zero attached hydrogens (tertiary/aromatic N) is 1. The number of hydrogen-bond donors (Lipinski definition) is 1. The second kappa shape index (κ2) is 10.7. The smallest absolute Gasteiger partial charge is 0.415 e. The Bertz CT molecular complexity index is 1070.